The second-order valence-electron chi connectivity index (χ2n) is 7.91. The van der Waals surface area contributed by atoms with Gasteiger partial charge in [-0.1, -0.05) is 18.2 Å². The molecule has 5 rings (SSSR count). The molecule has 3 heterocycles. The Morgan fingerprint density at radius 2 is 1.53 bits per heavy atom. The fourth-order valence-corrected chi connectivity index (χ4v) is 5.22. The van der Waals surface area contributed by atoms with Crippen LogP contribution in [-0.4, -0.2) is 71.1 Å². The van der Waals surface area contributed by atoms with Crippen LogP contribution in [0.2, 0.25) is 0 Å². The third-order valence-electron chi connectivity index (χ3n) is 6.13. The van der Waals surface area contributed by atoms with E-state index in [4.69, 9.17) is 0 Å². The van der Waals surface area contributed by atoms with E-state index in [-0.39, 0.29) is 24.3 Å². The van der Waals surface area contributed by atoms with Gasteiger partial charge in [0.2, 0.25) is 11.8 Å². The molecule has 30 heavy (non-hydrogen) atoms. The van der Waals surface area contributed by atoms with Crippen molar-refractivity contribution in [3.63, 3.8) is 0 Å². The van der Waals surface area contributed by atoms with Crippen molar-refractivity contribution in [3.05, 3.63) is 57.8 Å². The predicted octanol–water partition coefficient (Wildman–Crippen LogP) is 1.82. The first-order chi connectivity index (χ1) is 14.5. The van der Waals surface area contributed by atoms with Gasteiger partial charge >= 0.3 is 0 Å². The molecule has 0 N–H and O–H groups in total. The number of benzene rings is 1. The summed E-state index contributed by atoms with van der Waals surface area (Å²) >= 11 is 1.69. The van der Waals surface area contributed by atoms with E-state index in [0.29, 0.717) is 43.2 Å². The van der Waals surface area contributed by atoms with Crippen LogP contribution in [0.4, 0.5) is 0 Å². The van der Waals surface area contributed by atoms with E-state index < -0.39 is 11.8 Å². The van der Waals surface area contributed by atoms with E-state index in [2.05, 4.69) is 6.07 Å². The van der Waals surface area contributed by atoms with E-state index in [1.807, 2.05) is 16.3 Å². The quantitative estimate of drug-likeness (QED) is 0.703. The lowest BCUT2D eigenvalue weighted by atomic mass is 10.1. The van der Waals surface area contributed by atoms with Gasteiger partial charge < -0.3 is 9.80 Å². The molecule has 2 atom stereocenters. The standard InChI is InChI=1S/C22H21N3O4S/c26-19(13-25-21(28)14-4-1-2-5-15(14)22(25)29)23-7-9-24(10-8-23)20(27)17-12-16(17)18-6-3-11-30-18/h1-6,11,16-17H,7-10,12-13H2/t16-,17-/m1/s1. The van der Waals surface area contributed by atoms with Crippen molar-refractivity contribution >= 4 is 35.0 Å². The Morgan fingerprint density at radius 3 is 2.13 bits per heavy atom. The minimum absolute atomic E-state index is 0.0595. The Bertz CT molecular complexity index is 992. The van der Waals surface area contributed by atoms with Gasteiger partial charge in [0.1, 0.15) is 6.54 Å². The molecule has 1 aromatic heterocycles. The van der Waals surface area contributed by atoms with Gasteiger partial charge in [0.15, 0.2) is 0 Å². The van der Waals surface area contributed by atoms with Crippen LogP contribution in [0.1, 0.15) is 37.9 Å². The van der Waals surface area contributed by atoms with Gasteiger partial charge in [-0.3, -0.25) is 24.1 Å². The molecule has 0 radical (unpaired) electrons. The summed E-state index contributed by atoms with van der Waals surface area (Å²) in [7, 11) is 0. The highest BCUT2D eigenvalue weighted by molar-refractivity contribution is 7.10. The Balaban J connectivity index is 1.15. The van der Waals surface area contributed by atoms with Gasteiger partial charge in [0, 0.05) is 42.9 Å². The Labute approximate surface area is 177 Å². The number of hydrogen-bond acceptors (Lipinski definition) is 5. The fraction of sp³-hybridized carbons (Fsp3) is 0.364. The maximum Gasteiger partial charge on any atom is 0.262 e. The van der Waals surface area contributed by atoms with Gasteiger partial charge in [0.05, 0.1) is 11.1 Å². The highest BCUT2D eigenvalue weighted by Gasteiger charge is 2.47. The van der Waals surface area contributed by atoms with Gasteiger partial charge in [-0.2, -0.15) is 0 Å². The van der Waals surface area contributed by atoms with Crippen LogP contribution in [0, 0.1) is 5.92 Å². The second-order valence-corrected chi connectivity index (χ2v) is 8.89. The predicted molar refractivity (Wildman–Crippen MR) is 110 cm³/mol. The molecule has 1 aliphatic carbocycles. The van der Waals surface area contributed by atoms with Gasteiger partial charge in [0.25, 0.3) is 11.8 Å². The van der Waals surface area contributed by atoms with Crippen LogP contribution in [-0.2, 0) is 9.59 Å². The number of carbonyl (C=O) groups is 4. The van der Waals surface area contributed by atoms with E-state index >= 15 is 0 Å². The van der Waals surface area contributed by atoms with Crippen molar-refractivity contribution in [2.75, 3.05) is 32.7 Å². The van der Waals surface area contributed by atoms with E-state index in [0.717, 1.165) is 11.3 Å². The fourth-order valence-electron chi connectivity index (χ4n) is 4.31. The van der Waals surface area contributed by atoms with Crippen molar-refractivity contribution in [3.8, 4) is 0 Å². The molecule has 0 spiro atoms. The van der Waals surface area contributed by atoms with Crippen LogP contribution in [0.3, 0.4) is 0 Å². The van der Waals surface area contributed by atoms with Crippen molar-refractivity contribution < 1.29 is 19.2 Å². The average molecular weight is 423 g/mol. The van der Waals surface area contributed by atoms with Crippen LogP contribution >= 0.6 is 11.3 Å². The molecule has 1 saturated heterocycles. The van der Waals surface area contributed by atoms with Crippen molar-refractivity contribution in [2.24, 2.45) is 5.92 Å². The zero-order chi connectivity index (χ0) is 20.8. The Morgan fingerprint density at radius 1 is 0.900 bits per heavy atom. The highest BCUT2D eigenvalue weighted by atomic mass is 32.1. The van der Waals surface area contributed by atoms with E-state index in [9.17, 15) is 19.2 Å². The van der Waals surface area contributed by atoms with Gasteiger partial charge in [-0.05, 0) is 30.0 Å². The topological polar surface area (TPSA) is 78.0 Å². The normalized spacial score (nSPS) is 23.0. The third-order valence-corrected chi connectivity index (χ3v) is 7.14. The lowest BCUT2D eigenvalue weighted by Gasteiger charge is -2.35. The number of piperazine rings is 1. The number of imide groups is 1. The Hall–Kier alpha value is -3.00. The molecule has 3 aliphatic rings. The summed E-state index contributed by atoms with van der Waals surface area (Å²) in [5.41, 5.74) is 0.686. The van der Waals surface area contributed by atoms with Gasteiger partial charge in [-0.25, -0.2) is 0 Å². The minimum atomic E-state index is -0.425. The second kappa shape index (κ2) is 7.36. The monoisotopic (exact) mass is 423 g/mol. The average Bonchev–Trinajstić information content (AvgIpc) is 3.31. The first-order valence-corrected chi connectivity index (χ1v) is 11.0. The molecule has 2 fully saturated rings. The molecule has 0 unspecified atom stereocenters. The molecule has 0 bridgehead atoms. The number of nitrogens with zero attached hydrogens (tertiary/aromatic N) is 3. The Kier molecular flexibility index (Phi) is 4.66. The first-order valence-electron chi connectivity index (χ1n) is 10.1. The summed E-state index contributed by atoms with van der Waals surface area (Å²) in [6.45, 7) is 1.55. The molecule has 4 amide bonds. The first kappa shape index (κ1) is 19.0. The van der Waals surface area contributed by atoms with E-state index in [1.54, 1.807) is 40.5 Å². The largest absolute Gasteiger partial charge is 0.339 e. The third kappa shape index (κ3) is 3.21. The maximum absolute atomic E-state index is 12.8. The van der Waals surface area contributed by atoms with Crippen LogP contribution < -0.4 is 0 Å². The minimum Gasteiger partial charge on any atom is -0.339 e. The summed E-state index contributed by atoms with van der Waals surface area (Å²) in [5, 5.41) is 2.04. The molecule has 2 aliphatic heterocycles. The molecule has 2 aromatic rings. The molecule has 7 nitrogen and oxygen atoms in total. The van der Waals surface area contributed by atoms with Crippen molar-refractivity contribution in [1.82, 2.24) is 14.7 Å². The number of rotatable bonds is 4. The molecule has 1 saturated carbocycles. The number of carbonyl (C=O) groups excluding carboxylic acids is 4. The van der Waals surface area contributed by atoms with Crippen LogP contribution in [0.5, 0.6) is 0 Å². The zero-order valence-corrected chi connectivity index (χ0v) is 17.1. The lowest BCUT2D eigenvalue weighted by molar-refractivity contribution is -0.140. The van der Waals surface area contributed by atoms with E-state index in [1.165, 1.54) is 4.88 Å². The SMILES string of the molecule is O=C(CN1C(=O)c2ccccc2C1=O)N1CCN(C(=O)[C@@H]2C[C@H]2c2cccs2)CC1. The summed E-state index contributed by atoms with van der Waals surface area (Å²) < 4.78 is 0. The van der Waals surface area contributed by atoms with Crippen LogP contribution in [0.15, 0.2) is 41.8 Å². The summed E-state index contributed by atoms with van der Waals surface area (Å²) in [6, 6.07) is 10.7. The van der Waals surface area contributed by atoms with Crippen molar-refractivity contribution in [2.45, 2.75) is 12.3 Å². The van der Waals surface area contributed by atoms with Gasteiger partial charge in [-0.15, -0.1) is 11.3 Å². The number of hydrogen-bond donors (Lipinski definition) is 0. The molecular formula is C22H21N3O4S. The molecular weight excluding hydrogens is 402 g/mol. The van der Waals surface area contributed by atoms with Crippen molar-refractivity contribution in [1.29, 1.82) is 0 Å². The molecule has 1 aromatic carbocycles. The highest BCUT2D eigenvalue weighted by Crippen LogP contribution is 2.50. The number of amides is 4. The summed E-state index contributed by atoms with van der Waals surface area (Å²) in [6.07, 6.45) is 0.901. The number of fused-ring (bicyclic) bond motifs is 1. The summed E-state index contributed by atoms with van der Waals surface area (Å²) in [4.78, 5) is 56.1. The zero-order valence-electron chi connectivity index (χ0n) is 16.3. The number of thiophene rings is 1. The maximum atomic E-state index is 12.8. The smallest absolute Gasteiger partial charge is 0.262 e. The molecule has 154 valence electrons. The van der Waals surface area contributed by atoms with Crippen LogP contribution in [0.25, 0.3) is 0 Å². The summed E-state index contributed by atoms with van der Waals surface area (Å²) in [5.74, 6) is -0.548. The molecule has 8 heteroatoms. The lowest BCUT2D eigenvalue weighted by Crippen LogP contribution is -2.53.